The quantitative estimate of drug-likeness (QED) is 0.551. The zero-order valence-corrected chi connectivity index (χ0v) is 17.8. The summed E-state index contributed by atoms with van der Waals surface area (Å²) in [5, 5.41) is 2.69. The lowest BCUT2D eigenvalue weighted by atomic mass is 9.78. The van der Waals surface area contributed by atoms with Crippen molar-refractivity contribution in [1.82, 2.24) is 5.32 Å². The number of halogens is 2. The highest BCUT2D eigenvalue weighted by Crippen LogP contribution is 2.38. The third kappa shape index (κ3) is 4.74. The lowest BCUT2D eigenvalue weighted by Gasteiger charge is -2.35. The molecule has 1 saturated carbocycles. The Morgan fingerprint density at radius 1 is 1.21 bits per heavy atom. The van der Waals surface area contributed by atoms with Gasteiger partial charge in [0.05, 0.1) is 23.4 Å². The van der Waals surface area contributed by atoms with Gasteiger partial charge in [-0.3, -0.25) is 4.79 Å². The van der Waals surface area contributed by atoms with Crippen molar-refractivity contribution < 1.29 is 27.6 Å². The second-order valence-electron chi connectivity index (χ2n) is 8.98. The Kier molecular flexibility index (Phi) is 5.98. The van der Waals surface area contributed by atoms with Crippen LogP contribution in [0.3, 0.4) is 0 Å². The molecule has 0 radical (unpaired) electrons. The summed E-state index contributed by atoms with van der Waals surface area (Å²) >= 11 is 0. The molecule has 1 aromatic carbocycles. The van der Waals surface area contributed by atoms with Crippen LogP contribution in [0, 0.1) is 0 Å². The van der Waals surface area contributed by atoms with E-state index in [1.807, 2.05) is 33.8 Å². The zero-order chi connectivity index (χ0) is 21.4. The number of carbonyl (C=O) groups is 1. The largest absolute Gasteiger partial charge is 0.494 e. The highest BCUT2D eigenvalue weighted by Gasteiger charge is 2.52. The van der Waals surface area contributed by atoms with Crippen LogP contribution in [-0.4, -0.2) is 42.8 Å². The van der Waals surface area contributed by atoms with Gasteiger partial charge in [0.15, 0.2) is 0 Å². The van der Waals surface area contributed by atoms with Crippen molar-refractivity contribution in [3.05, 3.63) is 23.8 Å². The van der Waals surface area contributed by atoms with Gasteiger partial charge in [0.1, 0.15) is 5.75 Å². The molecule has 0 bridgehead atoms. The number of hydrogen-bond donors (Lipinski definition) is 1. The minimum absolute atomic E-state index is 0.309. The SMILES string of the molecule is CCCCOc1ccc(B2OC(C)(C)C(C)(C)O2)cc1C(=O)NC1CC(F)(F)C1. The summed E-state index contributed by atoms with van der Waals surface area (Å²) < 4.78 is 44.2. The van der Waals surface area contributed by atoms with E-state index in [2.05, 4.69) is 12.2 Å². The monoisotopic (exact) mass is 409 g/mol. The van der Waals surface area contributed by atoms with Crippen molar-refractivity contribution in [2.75, 3.05) is 6.61 Å². The molecule has 0 spiro atoms. The first kappa shape index (κ1) is 22.0. The van der Waals surface area contributed by atoms with Gasteiger partial charge in [-0.05, 0) is 51.7 Å². The number of ether oxygens (including phenoxy) is 1. The minimum Gasteiger partial charge on any atom is -0.493 e. The summed E-state index contributed by atoms with van der Waals surface area (Å²) in [6.07, 6.45) is 1.16. The van der Waals surface area contributed by atoms with E-state index in [9.17, 15) is 13.6 Å². The number of nitrogens with one attached hydrogen (secondary N) is 1. The van der Waals surface area contributed by atoms with Crippen molar-refractivity contribution in [3.8, 4) is 5.75 Å². The van der Waals surface area contributed by atoms with E-state index in [0.717, 1.165) is 12.8 Å². The van der Waals surface area contributed by atoms with E-state index in [1.54, 1.807) is 12.1 Å². The standard InChI is InChI=1S/C21H30BF2NO4/c1-6-7-10-27-17-9-8-14(22-28-19(2,3)20(4,5)29-22)11-16(17)18(26)25-15-12-21(23,24)13-15/h8-9,11,15H,6-7,10,12-13H2,1-5H3,(H,25,26). The summed E-state index contributed by atoms with van der Waals surface area (Å²) in [5.41, 5.74) is -0.0129. The zero-order valence-electron chi connectivity index (χ0n) is 17.8. The average molecular weight is 409 g/mol. The number of carbonyl (C=O) groups excluding carboxylic acids is 1. The van der Waals surface area contributed by atoms with Crippen molar-refractivity contribution >= 4 is 18.5 Å². The Balaban J connectivity index is 1.81. The Labute approximate surface area is 171 Å². The summed E-state index contributed by atoms with van der Waals surface area (Å²) in [7, 11) is -0.621. The molecule has 1 aliphatic heterocycles. The third-order valence-electron chi connectivity index (χ3n) is 5.95. The smallest absolute Gasteiger partial charge is 0.493 e. The highest BCUT2D eigenvalue weighted by atomic mass is 19.3. The van der Waals surface area contributed by atoms with Gasteiger partial charge in [-0.1, -0.05) is 19.4 Å². The van der Waals surface area contributed by atoms with Crippen molar-refractivity contribution in [2.24, 2.45) is 0 Å². The summed E-state index contributed by atoms with van der Waals surface area (Å²) in [6.45, 7) is 10.4. The Bertz CT molecular complexity index is 745. The number of benzene rings is 1. The summed E-state index contributed by atoms with van der Waals surface area (Å²) in [4.78, 5) is 12.8. The van der Waals surface area contributed by atoms with Gasteiger partial charge < -0.3 is 19.4 Å². The molecule has 5 nitrogen and oxygen atoms in total. The van der Waals surface area contributed by atoms with Crippen LogP contribution >= 0.6 is 0 Å². The molecule has 8 heteroatoms. The number of amides is 1. The number of hydrogen-bond acceptors (Lipinski definition) is 4. The fourth-order valence-corrected chi connectivity index (χ4v) is 3.33. The lowest BCUT2D eigenvalue weighted by Crippen LogP contribution is -2.50. The predicted molar refractivity (Wildman–Crippen MR) is 108 cm³/mol. The van der Waals surface area contributed by atoms with E-state index < -0.39 is 36.2 Å². The van der Waals surface area contributed by atoms with Crippen LogP contribution in [-0.2, 0) is 9.31 Å². The first-order chi connectivity index (χ1) is 13.4. The molecule has 2 aliphatic rings. The first-order valence-corrected chi connectivity index (χ1v) is 10.3. The second kappa shape index (κ2) is 7.87. The molecule has 1 heterocycles. The van der Waals surface area contributed by atoms with Crippen molar-refractivity contribution in [1.29, 1.82) is 0 Å². The molecule has 1 aliphatic carbocycles. The molecule has 0 aromatic heterocycles. The van der Waals surface area contributed by atoms with Gasteiger partial charge in [0, 0.05) is 18.9 Å². The molecule has 160 valence electrons. The molecule has 29 heavy (non-hydrogen) atoms. The van der Waals surface area contributed by atoms with Gasteiger partial charge in [-0.15, -0.1) is 0 Å². The van der Waals surface area contributed by atoms with Gasteiger partial charge in [-0.25, -0.2) is 8.78 Å². The van der Waals surface area contributed by atoms with Crippen LogP contribution in [0.4, 0.5) is 8.78 Å². The third-order valence-corrected chi connectivity index (χ3v) is 5.95. The van der Waals surface area contributed by atoms with Gasteiger partial charge in [0.25, 0.3) is 11.8 Å². The van der Waals surface area contributed by atoms with Crippen molar-refractivity contribution in [2.45, 2.75) is 83.5 Å². The van der Waals surface area contributed by atoms with Crippen LogP contribution in [0.1, 0.15) is 70.7 Å². The maximum atomic E-state index is 13.1. The number of rotatable bonds is 7. The molecule has 1 saturated heterocycles. The fraction of sp³-hybridized carbons (Fsp3) is 0.667. The van der Waals surface area contributed by atoms with E-state index in [1.165, 1.54) is 0 Å². The molecule has 1 N–H and O–H groups in total. The lowest BCUT2D eigenvalue weighted by molar-refractivity contribution is -0.0901. The average Bonchev–Trinajstić information content (AvgIpc) is 2.81. The Morgan fingerprint density at radius 3 is 2.38 bits per heavy atom. The first-order valence-electron chi connectivity index (χ1n) is 10.3. The number of alkyl halides is 2. The maximum Gasteiger partial charge on any atom is 0.494 e. The van der Waals surface area contributed by atoms with E-state index >= 15 is 0 Å². The Morgan fingerprint density at radius 2 is 1.83 bits per heavy atom. The van der Waals surface area contributed by atoms with Crippen LogP contribution < -0.4 is 15.5 Å². The van der Waals surface area contributed by atoms with Crippen LogP contribution in [0.5, 0.6) is 5.75 Å². The predicted octanol–water partition coefficient (Wildman–Crippen LogP) is 3.69. The number of unbranched alkanes of at least 4 members (excludes halogenated alkanes) is 1. The molecule has 1 amide bonds. The maximum absolute atomic E-state index is 13.1. The Hall–Kier alpha value is -1.67. The second-order valence-corrected chi connectivity index (χ2v) is 8.98. The highest BCUT2D eigenvalue weighted by molar-refractivity contribution is 6.62. The fourth-order valence-electron chi connectivity index (χ4n) is 3.33. The van der Waals surface area contributed by atoms with Gasteiger partial charge in [0.2, 0.25) is 0 Å². The van der Waals surface area contributed by atoms with Crippen LogP contribution in [0.25, 0.3) is 0 Å². The minimum atomic E-state index is -2.69. The van der Waals surface area contributed by atoms with Gasteiger partial charge in [-0.2, -0.15) is 0 Å². The van der Waals surface area contributed by atoms with Gasteiger partial charge >= 0.3 is 7.12 Å². The van der Waals surface area contributed by atoms with Crippen LogP contribution in [0.2, 0.25) is 0 Å². The molecular weight excluding hydrogens is 379 g/mol. The summed E-state index contributed by atoms with van der Waals surface area (Å²) in [6, 6.07) is 4.69. The molecule has 2 fully saturated rings. The summed E-state index contributed by atoms with van der Waals surface area (Å²) in [5.74, 6) is -2.68. The topological polar surface area (TPSA) is 56.8 Å². The van der Waals surface area contributed by atoms with E-state index in [0.29, 0.717) is 23.4 Å². The van der Waals surface area contributed by atoms with Crippen molar-refractivity contribution in [3.63, 3.8) is 0 Å². The van der Waals surface area contributed by atoms with Crippen LogP contribution in [0.15, 0.2) is 18.2 Å². The van der Waals surface area contributed by atoms with E-state index in [4.69, 9.17) is 14.0 Å². The molecule has 3 rings (SSSR count). The molecule has 0 atom stereocenters. The normalized spacial score (nSPS) is 22.2. The molecular formula is C21H30BF2NO4. The van der Waals surface area contributed by atoms with E-state index in [-0.39, 0.29) is 12.8 Å². The molecule has 1 aromatic rings. The molecule has 0 unspecified atom stereocenters.